The lowest BCUT2D eigenvalue weighted by atomic mass is 9.99. The second-order valence-electron chi connectivity index (χ2n) is 3.98. The van der Waals surface area contributed by atoms with Gasteiger partial charge in [0.1, 0.15) is 12.4 Å². The molecule has 0 N–H and O–H groups in total. The molecule has 2 aromatic rings. The van der Waals surface area contributed by atoms with E-state index in [1.54, 1.807) is 17.4 Å². The Balaban J connectivity index is 2.01. The van der Waals surface area contributed by atoms with E-state index < -0.39 is 0 Å². The van der Waals surface area contributed by atoms with Crippen molar-refractivity contribution >= 4 is 39.1 Å². The van der Waals surface area contributed by atoms with Crippen molar-refractivity contribution in [2.24, 2.45) is 0 Å². The van der Waals surface area contributed by atoms with Gasteiger partial charge in [-0.3, -0.25) is 4.79 Å². The van der Waals surface area contributed by atoms with Gasteiger partial charge in [0, 0.05) is 10.0 Å². The fraction of sp³-hybridized carbons (Fsp3) is 0.0714. The molecule has 0 unspecified atom stereocenters. The molecular weight excluding hydrogens is 312 g/mol. The van der Waals surface area contributed by atoms with Gasteiger partial charge in [0.15, 0.2) is 5.78 Å². The molecule has 0 spiro atoms. The molecule has 0 fully saturated rings. The highest BCUT2D eigenvalue weighted by Crippen LogP contribution is 2.30. The van der Waals surface area contributed by atoms with Crippen molar-refractivity contribution in [3.8, 4) is 5.75 Å². The Bertz CT molecular complexity index is 629. The zero-order valence-electron chi connectivity index (χ0n) is 9.35. The number of carbonyl (C=O) groups is 1. The fourth-order valence-electron chi connectivity index (χ4n) is 1.87. The highest BCUT2D eigenvalue weighted by atomic mass is 79.9. The minimum Gasteiger partial charge on any atom is -0.488 e. The minimum atomic E-state index is 0.0451. The van der Waals surface area contributed by atoms with Gasteiger partial charge < -0.3 is 4.74 Å². The predicted molar refractivity (Wildman–Crippen MR) is 76.3 cm³/mol. The lowest BCUT2D eigenvalue weighted by molar-refractivity contribution is 0.100. The van der Waals surface area contributed by atoms with E-state index in [4.69, 9.17) is 4.74 Å². The smallest absolute Gasteiger partial charge is 0.196 e. The van der Waals surface area contributed by atoms with Crippen molar-refractivity contribution in [2.75, 3.05) is 6.61 Å². The maximum absolute atomic E-state index is 12.3. The van der Waals surface area contributed by atoms with Gasteiger partial charge in [-0.05, 0) is 46.7 Å². The minimum absolute atomic E-state index is 0.0451. The number of ether oxygens (including phenoxy) is 1. The first-order valence-corrected chi connectivity index (χ1v) is 7.17. The SMILES string of the molecule is O=C1/C(=C\c2ccsc2)COc2ccc(Br)cc21. The van der Waals surface area contributed by atoms with Gasteiger partial charge in [0.25, 0.3) is 0 Å². The largest absolute Gasteiger partial charge is 0.488 e. The standard InChI is InChI=1S/C14H9BrO2S/c15-11-1-2-13-12(6-11)14(16)10(7-17-13)5-9-3-4-18-8-9/h1-6,8H,7H2/b10-5-. The molecule has 0 saturated heterocycles. The van der Waals surface area contributed by atoms with Crippen LogP contribution in [0.15, 0.2) is 45.1 Å². The molecule has 1 aliphatic rings. The lowest BCUT2D eigenvalue weighted by Gasteiger charge is -2.18. The number of hydrogen-bond donors (Lipinski definition) is 0. The molecule has 2 nitrogen and oxygen atoms in total. The van der Waals surface area contributed by atoms with Gasteiger partial charge in [0.2, 0.25) is 0 Å². The molecule has 1 aromatic carbocycles. The van der Waals surface area contributed by atoms with Gasteiger partial charge in [0.05, 0.1) is 5.56 Å². The molecule has 0 saturated carbocycles. The highest BCUT2D eigenvalue weighted by molar-refractivity contribution is 9.10. The van der Waals surface area contributed by atoms with Gasteiger partial charge in [-0.15, -0.1) is 0 Å². The summed E-state index contributed by atoms with van der Waals surface area (Å²) < 4.78 is 6.49. The molecule has 0 bridgehead atoms. The van der Waals surface area contributed by atoms with E-state index in [1.165, 1.54) is 0 Å². The van der Waals surface area contributed by atoms with Crippen molar-refractivity contribution in [3.63, 3.8) is 0 Å². The van der Waals surface area contributed by atoms with Crippen LogP contribution in [0.4, 0.5) is 0 Å². The zero-order valence-corrected chi connectivity index (χ0v) is 11.8. The zero-order chi connectivity index (χ0) is 12.5. The summed E-state index contributed by atoms with van der Waals surface area (Å²) in [4.78, 5) is 12.3. The van der Waals surface area contributed by atoms with E-state index in [2.05, 4.69) is 15.9 Å². The van der Waals surface area contributed by atoms with Gasteiger partial charge in [-0.1, -0.05) is 15.9 Å². The van der Waals surface area contributed by atoms with Crippen molar-refractivity contribution in [1.82, 2.24) is 0 Å². The molecule has 18 heavy (non-hydrogen) atoms. The summed E-state index contributed by atoms with van der Waals surface area (Å²) in [5, 5.41) is 4.00. The van der Waals surface area contributed by atoms with Crippen LogP contribution in [-0.4, -0.2) is 12.4 Å². The van der Waals surface area contributed by atoms with Crippen LogP contribution in [0, 0.1) is 0 Å². The number of benzene rings is 1. The number of hydrogen-bond acceptors (Lipinski definition) is 3. The maximum Gasteiger partial charge on any atom is 0.196 e. The van der Waals surface area contributed by atoms with E-state index in [0.717, 1.165) is 10.0 Å². The van der Waals surface area contributed by atoms with Crippen LogP contribution in [0.5, 0.6) is 5.75 Å². The monoisotopic (exact) mass is 320 g/mol. The number of fused-ring (bicyclic) bond motifs is 1. The van der Waals surface area contributed by atoms with E-state index >= 15 is 0 Å². The van der Waals surface area contributed by atoms with Crippen LogP contribution in [0.1, 0.15) is 15.9 Å². The summed E-state index contributed by atoms with van der Waals surface area (Å²) in [6.07, 6.45) is 1.89. The Morgan fingerprint density at radius 1 is 1.33 bits per heavy atom. The van der Waals surface area contributed by atoms with Crippen LogP contribution in [0.3, 0.4) is 0 Å². The summed E-state index contributed by atoms with van der Waals surface area (Å²) in [7, 11) is 0. The Morgan fingerprint density at radius 2 is 2.22 bits per heavy atom. The van der Waals surface area contributed by atoms with Crippen molar-refractivity contribution in [2.45, 2.75) is 0 Å². The molecular formula is C14H9BrO2S. The first-order valence-electron chi connectivity index (χ1n) is 5.44. The summed E-state index contributed by atoms with van der Waals surface area (Å²) in [5.74, 6) is 0.703. The third-order valence-corrected chi connectivity index (χ3v) is 3.94. The van der Waals surface area contributed by atoms with Crippen molar-refractivity contribution < 1.29 is 9.53 Å². The fourth-order valence-corrected chi connectivity index (χ4v) is 2.84. The third kappa shape index (κ3) is 2.13. The number of carbonyl (C=O) groups excluding carboxylic acids is 1. The first-order chi connectivity index (χ1) is 8.74. The number of halogens is 1. The van der Waals surface area contributed by atoms with Crippen molar-refractivity contribution in [1.29, 1.82) is 0 Å². The van der Waals surface area contributed by atoms with Gasteiger partial charge >= 0.3 is 0 Å². The van der Waals surface area contributed by atoms with Crippen LogP contribution >= 0.6 is 27.3 Å². The first kappa shape index (κ1) is 11.7. The predicted octanol–water partition coefficient (Wildman–Crippen LogP) is 4.17. The molecule has 4 heteroatoms. The second-order valence-corrected chi connectivity index (χ2v) is 5.68. The molecule has 2 heterocycles. The van der Waals surface area contributed by atoms with Gasteiger partial charge in [-0.25, -0.2) is 0 Å². The number of Topliss-reactive ketones (excluding diaryl/α,β-unsaturated/α-hetero) is 1. The van der Waals surface area contributed by atoms with E-state index in [0.29, 0.717) is 23.5 Å². The van der Waals surface area contributed by atoms with E-state index in [1.807, 2.05) is 35.0 Å². The average Bonchev–Trinajstić information content (AvgIpc) is 2.86. The Kier molecular flexibility index (Phi) is 3.06. The van der Waals surface area contributed by atoms with Crippen LogP contribution in [0.25, 0.3) is 6.08 Å². The normalized spacial score (nSPS) is 16.5. The lowest BCUT2D eigenvalue weighted by Crippen LogP contribution is -2.18. The quantitative estimate of drug-likeness (QED) is 0.737. The summed E-state index contributed by atoms with van der Waals surface area (Å²) in [6, 6.07) is 7.48. The molecule has 90 valence electrons. The Hall–Kier alpha value is -1.39. The van der Waals surface area contributed by atoms with Crippen LogP contribution in [-0.2, 0) is 0 Å². The summed E-state index contributed by atoms with van der Waals surface area (Å²) in [6.45, 7) is 0.337. The molecule has 3 rings (SSSR count). The van der Waals surface area contributed by atoms with Gasteiger partial charge in [-0.2, -0.15) is 11.3 Å². The molecule has 1 aromatic heterocycles. The molecule has 1 aliphatic heterocycles. The topological polar surface area (TPSA) is 26.3 Å². The number of thiophene rings is 1. The van der Waals surface area contributed by atoms with Crippen LogP contribution < -0.4 is 4.74 Å². The summed E-state index contributed by atoms with van der Waals surface area (Å²) in [5.41, 5.74) is 2.36. The Labute approximate surface area is 117 Å². The van der Waals surface area contributed by atoms with E-state index in [-0.39, 0.29) is 5.78 Å². The Morgan fingerprint density at radius 3 is 3.00 bits per heavy atom. The highest BCUT2D eigenvalue weighted by Gasteiger charge is 2.23. The third-order valence-electron chi connectivity index (χ3n) is 2.75. The van der Waals surface area contributed by atoms with E-state index in [9.17, 15) is 4.79 Å². The maximum atomic E-state index is 12.3. The second kappa shape index (κ2) is 4.71. The van der Waals surface area contributed by atoms with Crippen molar-refractivity contribution in [3.05, 3.63) is 56.2 Å². The van der Waals surface area contributed by atoms with Crippen LogP contribution in [0.2, 0.25) is 0 Å². The number of rotatable bonds is 1. The molecule has 0 radical (unpaired) electrons. The summed E-state index contributed by atoms with van der Waals surface area (Å²) >= 11 is 4.99. The molecule has 0 amide bonds. The molecule has 0 aliphatic carbocycles. The number of ketones is 1. The average molecular weight is 321 g/mol. The molecule has 0 atom stereocenters.